The van der Waals surface area contributed by atoms with Crippen molar-refractivity contribution in [2.24, 2.45) is 5.92 Å². The molecule has 1 saturated heterocycles. The smallest absolute Gasteiger partial charge is 0.0410 e. The summed E-state index contributed by atoms with van der Waals surface area (Å²) in [5.41, 5.74) is 1.31. The third kappa shape index (κ3) is 3.86. The molecular formula is C13H26N2. The van der Waals surface area contributed by atoms with Gasteiger partial charge in [0.25, 0.3) is 0 Å². The van der Waals surface area contributed by atoms with Gasteiger partial charge >= 0.3 is 0 Å². The van der Waals surface area contributed by atoms with Gasteiger partial charge in [0.15, 0.2) is 0 Å². The van der Waals surface area contributed by atoms with Gasteiger partial charge in [0.1, 0.15) is 0 Å². The van der Waals surface area contributed by atoms with Gasteiger partial charge in [0, 0.05) is 31.9 Å². The summed E-state index contributed by atoms with van der Waals surface area (Å²) >= 11 is 0. The molecule has 0 radical (unpaired) electrons. The average Bonchev–Trinajstić information content (AvgIpc) is 2.11. The lowest BCUT2D eigenvalue weighted by Gasteiger charge is -2.38. The lowest BCUT2D eigenvalue weighted by Crippen LogP contribution is -2.43. The van der Waals surface area contributed by atoms with Crippen LogP contribution in [0.15, 0.2) is 12.3 Å². The Balaban J connectivity index is 2.39. The highest BCUT2D eigenvalue weighted by Gasteiger charge is 2.22. The molecule has 0 spiro atoms. The molecule has 0 saturated carbocycles. The SMILES string of the molecule is C=C1CCC[C@@H](CN(C)CC(C)C)N1C. The van der Waals surface area contributed by atoms with Crippen LogP contribution in [0.4, 0.5) is 0 Å². The van der Waals surface area contributed by atoms with E-state index in [9.17, 15) is 0 Å². The van der Waals surface area contributed by atoms with E-state index >= 15 is 0 Å². The molecule has 1 aliphatic rings. The van der Waals surface area contributed by atoms with Gasteiger partial charge in [-0.1, -0.05) is 20.4 Å². The van der Waals surface area contributed by atoms with E-state index in [1.807, 2.05) is 0 Å². The standard InChI is InChI=1S/C13H26N2/c1-11(2)9-14(4)10-13-8-6-7-12(3)15(13)5/h11,13H,3,6-10H2,1-2,4-5H3/t13-/m0/s1. The molecule has 15 heavy (non-hydrogen) atoms. The minimum atomic E-state index is 0.676. The summed E-state index contributed by atoms with van der Waals surface area (Å²) < 4.78 is 0. The number of rotatable bonds is 4. The number of hydrogen-bond acceptors (Lipinski definition) is 2. The van der Waals surface area contributed by atoms with E-state index in [1.54, 1.807) is 0 Å². The van der Waals surface area contributed by atoms with E-state index in [-0.39, 0.29) is 0 Å². The Hall–Kier alpha value is -0.500. The van der Waals surface area contributed by atoms with Crippen LogP contribution in [-0.2, 0) is 0 Å². The second-order valence-electron chi connectivity index (χ2n) is 5.34. The fourth-order valence-electron chi connectivity index (χ4n) is 2.44. The van der Waals surface area contributed by atoms with Crippen LogP contribution in [0.2, 0.25) is 0 Å². The lowest BCUT2D eigenvalue weighted by molar-refractivity contribution is 0.169. The van der Waals surface area contributed by atoms with Crippen LogP contribution in [0.3, 0.4) is 0 Å². The second kappa shape index (κ2) is 5.55. The predicted octanol–water partition coefficient (Wildman–Crippen LogP) is 2.57. The Morgan fingerprint density at radius 3 is 2.80 bits per heavy atom. The maximum atomic E-state index is 4.12. The van der Waals surface area contributed by atoms with Crippen molar-refractivity contribution in [1.29, 1.82) is 0 Å². The molecule has 1 heterocycles. The molecule has 0 aromatic heterocycles. The Labute approximate surface area is 94.9 Å². The number of hydrogen-bond donors (Lipinski definition) is 0. The van der Waals surface area contributed by atoms with Crippen LogP contribution < -0.4 is 0 Å². The highest BCUT2D eigenvalue weighted by molar-refractivity contribution is 4.99. The monoisotopic (exact) mass is 210 g/mol. The van der Waals surface area contributed by atoms with Gasteiger partial charge < -0.3 is 9.80 Å². The predicted molar refractivity (Wildman–Crippen MR) is 66.9 cm³/mol. The van der Waals surface area contributed by atoms with Gasteiger partial charge in [-0.3, -0.25) is 0 Å². The van der Waals surface area contributed by atoms with Crippen molar-refractivity contribution in [3.8, 4) is 0 Å². The van der Waals surface area contributed by atoms with E-state index in [0.29, 0.717) is 6.04 Å². The largest absolute Gasteiger partial charge is 0.374 e. The molecule has 0 bridgehead atoms. The zero-order valence-corrected chi connectivity index (χ0v) is 10.8. The molecule has 2 heteroatoms. The topological polar surface area (TPSA) is 6.48 Å². The number of piperidine rings is 1. The first-order chi connectivity index (χ1) is 7.00. The van der Waals surface area contributed by atoms with Gasteiger partial charge in [0.2, 0.25) is 0 Å². The van der Waals surface area contributed by atoms with Crippen molar-refractivity contribution in [2.45, 2.75) is 39.2 Å². The molecular weight excluding hydrogens is 184 g/mol. The highest BCUT2D eigenvalue weighted by Crippen LogP contribution is 2.23. The molecule has 0 unspecified atom stereocenters. The Morgan fingerprint density at radius 1 is 1.53 bits per heavy atom. The molecule has 1 rings (SSSR count). The molecule has 0 amide bonds. The summed E-state index contributed by atoms with van der Waals surface area (Å²) in [7, 11) is 4.42. The molecule has 2 nitrogen and oxygen atoms in total. The molecule has 0 aromatic carbocycles. The summed E-state index contributed by atoms with van der Waals surface area (Å²) in [4.78, 5) is 4.82. The van der Waals surface area contributed by atoms with E-state index in [2.05, 4.69) is 44.3 Å². The van der Waals surface area contributed by atoms with Crippen molar-refractivity contribution in [3.05, 3.63) is 12.3 Å². The number of allylic oxidation sites excluding steroid dienone is 1. The van der Waals surface area contributed by atoms with E-state index in [1.165, 1.54) is 38.0 Å². The van der Waals surface area contributed by atoms with Crippen molar-refractivity contribution >= 4 is 0 Å². The number of likely N-dealkylation sites (N-methyl/N-ethyl adjacent to an activating group) is 2. The Morgan fingerprint density at radius 2 is 2.20 bits per heavy atom. The van der Waals surface area contributed by atoms with Gasteiger partial charge in [-0.05, 0) is 32.2 Å². The van der Waals surface area contributed by atoms with Crippen LogP contribution >= 0.6 is 0 Å². The normalized spacial score (nSPS) is 22.9. The molecule has 0 N–H and O–H groups in total. The molecule has 0 aromatic rings. The molecule has 1 atom stereocenters. The first-order valence-electron chi connectivity index (χ1n) is 6.10. The fraction of sp³-hybridized carbons (Fsp3) is 0.846. The summed E-state index contributed by atoms with van der Waals surface area (Å²) in [6.45, 7) is 11.0. The van der Waals surface area contributed by atoms with Crippen molar-refractivity contribution in [2.75, 3.05) is 27.2 Å². The van der Waals surface area contributed by atoms with Crippen LogP contribution in [0.25, 0.3) is 0 Å². The Bertz CT molecular complexity index is 211. The number of likely N-dealkylation sites (tertiary alicyclic amines) is 1. The van der Waals surface area contributed by atoms with E-state index in [4.69, 9.17) is 0 Å². The first kappa shape index (κ1) is 12.6. The molecule has 1 aliphatic heterocycles. The maximum absolute atomic E-state index is 4.12. The van der Waals surface area contributed by atoms with Crippen LogP contribution in [-0.4, -0.2) is 43.0 Å². The van der Waals surface area contributed by atoms with Gasteiger partial charge in [0.05, 0.1) is 0 Å². The molecule has 88 valence electrons. The Kier molecular flexibility index (Phi) is 4.65. The minimum Gasteiger partial charge on any atom is -0.374 e. The summed E-state index contributed by atoms with van der Waals surface area (Å²) in [5, 5.41) is 0. The average molecular weight is 210 g/mol. The fourth-order valence-corrected chi connectivity index (χ4v) is 2.44. The van der Waals surface area contributed by atoms with Gasteiger partial charge in [-0.25, -0.2) is 0 Å². The van der Waals surface area contributed by atoms with Crippen LogP contribution in [0, 0.1) is 5.92 Å². The van der Waals surface area contributed by atoms with Gasteiger partial charge in [-0.2, -0.15) is 0 Å². The van der Waals surface area contributed by atoms with Crippen molar-refractivity contribution in [3.63, 3.8) is 0 Å². The van der Waals surface area contributed by atoms with E-state index < -0.39 is 0 Å². The van der Waals surface area contributed by atoms with Crippen LogP contribution in [0.5, 0.6) is 0 Å². The maximum Gasteiger partial charge on any atom is 0.0410 e. The quantitative estimate of drug-likeness (QED) is 0.703. The lowest BCUT2D eigenvalue weighted by atomic mass is 10.00. The third-order valence-corrected chi connectivity index (χ3v) is 3.25. The molecule has 0 aliphatic carbocycles. The summed E-state index contributed by atoms with van der Waals surface area (Å²) in [6, 6.07) is 0.676. The van der Waals surface area contributed by atoms with Crippen molar-refractivity contribution < 1.29 is 0 Å². The second-order valence-corrected chi connectivity index (χ2v) is 5.34. The number of nitrogens with zero attached hydrogens (tertiary/aromatic N) is 2. The van der Waals surface area contributed by atoms with Crippen molar-refractivity contribution in [1.82, 2.24) is 9.80 Å². The minimum absolute atomic E-state index is 0.676. The van der Waals surface area contributed by atoms with E-state index in [0.717, 1.165) is 5.92 Å². The zero-order valence-electron chi connectivity index (χ0n) is 10.8. The highest BCUT2D eigenvalue weighted by atomic mass is 15.2. The summed E-state index contributed by atoms with van der Waals surface area (Å²) in [6.07, 6.45) is 3.81. The molecule has 1 fully saturated rings. The summed E-state index contributed by atoms with van der Waals surface area (Å²) in [5.74, 6) is 0.757. The van der Waals surface area contributed by atoms with Crippen LogP contribution in [0.1, 0.15) is 33.1 Å². The van der Waals surface area contributed by atoms with Gasteiger partial charge in [-0.15, -0.1) is 0 Å². The first-order valence-corrected chi connectivity index (χ1v) is 6.10. The third-order valence-electron chi connectivity index (χ3n) is 3.25. The zero-order chi connectivity index (χ0) is 11.4.